The molecule has 3 aromatic rings. The Bertz CT molecular complexity index is 1210. The van der Waals surface area contributed by atoms with Gasteiger partial charge in [0.1, 0.15) is 5.75 Å². The van der Waals surface area contributed by atoms with Crippen molar-refractivity contribution < 1.29 is 31.2 Å². The molecule has 0 saturated carbocycles. The minimum Gasteiger partial charge on any atom is -0.497 e. The van der Waals surface area contributed by atoms with Crippen molar-refractivity contribution in [2.24, 2.45) is 0 Å². The number of alkyl halides is 3. The number of non-ortho nitro benzene ring substituents is 1. The van der Waals surface area contributed by atoms with Crippen LogP contribution in [-0.2, 0) is 22.7 Å². The van der Waals surface area contributed by atoms with Crippen LogP contribution in [0.1, 0.15) is 11.1 Å². The summed E-state index contributed by atoms with van der Waals surface area (Å²) < 4.78 is 71.5. The summed E-state index contributed by atoms with van der Waals surface area (Å²) in [6.45, 7) is -0.273. The van der Waals surface area contributed by atoms with Gasteiger partial charge in [-0.15, -0.1) is 0 Å². The second-order valence-electron chi connectivity index (χ2n) is 6.66. The van der Waals surface area contributed by atoms with E-state index in [1.165, 1.54) is 31.4 Å². The van der Waals surface area contributed by atoms with E-state index in [2.05, 4.69) is 0 Å². The van der Waals surface area contributed by atoms with Crippen molar-refractivity contribution >= 4 is 21.4 Å². The zero-order valence-electron chi connectivity index (χ0n) is 16.6. The van der Waals surface area contributed by atoms with Crippen LogP contribution in [0.25, 0.3) is 0 Å². The van der Waals surface area contributed by atoms with Gasteiger partial charge in [-0.2, -0.15) is 13.2 Å². The SMILES string of the molecule is COc1cccc(N(Cc2ccc(C(F)(F)F)cc2)S(=O)(=O)c2ccc([N+](=O)[O-])cc2)c1. The smallest absolute Gasteiger partial charge is 0.416 e. The molecule has 0 spiro atoms. The molecule has 7 nitrogen and oxygen atoms in total. The molecule has 168 valence electrons. The van der Waals surface area contributed by atoms with Gasteiger partial charge < -0.3 is 4.74 Å². The van der Waals surface area contributed by atoms with E-state index in [9.17, 15) is 31.7 Å². The summed E-state index contributed by atoms with van der Waals surface area (Å²) in [5.41, 5.74) is -0.610. The van der Waals surface area contributed by atoms with E-state index in [1.54, 1.807) is 12.1 Å². The zero-order valence-corrected chi connectivity index (χ0v) is 17.4. The number of nitro groups is 1. The van der Waals surface area contributed by atoms with E-state index in [1.807, 2.05) is 0 Å². The standard InChI is InChI=1S/C21H17F3N2O5S/c1-31-19-4-2-3-18(13-19)25(14-15-5-7-16(8-6-15)21(22,23)24)32(29,30)20-11-9-17(10-12-20)26(27)28/h2-13H,14H2,1H3. The fraction of sp³-hybridized carbons (Fsp3) is 0.143. The second kappa shape index (κ2) is 8.87. The third kappa shape index (κ3) is 4.99. The van der Waals surface area contributed by atoms with Gasteiger partial charge in [-0.05, 0) is 42.0 Å². The minimum absolute atomic E-state index is 0.210. The Morgan fingerprint density at radius 3 is 2.16 bits per heavy atom. The van der Waals surface area contributed by atoms with Crippen molar-refractivity contribution in [3.63, 3.8) is 0 Å². The van der Waals surface area contributed by atoms with E-state index in [0.29, 0.717) is 11.3 Å². The van der Waals surface area contributed by atoms with Gasteiger partial charge in [0.25, 0.3) is 15.7 Å². The molecule has 11 heteroatoms. The first-order valence-electron chi connectivity index (χ1n) is 9.10. The Morgan fingerprint density at radius 2 is 1.62 bits per heavy atom. The van der Waals surface area contributed by atoms with Gasteiger partial charge in [0.05, 0.1) is 34.7 Å². The molecule has 0 fully saturated rings. The number of hydrogen-bond donors (Lipinski definition) is 0. The summed E-state index contributed by atoms with van der Waals surface area (Å²) in [6.07, 6.45) is -4.52. The van der Waals surface area contributed by atoms with Crippen LogP contribution >= 0.6 is 0 Å². The number of rotatable bonds is 7. The minimum atomic E-state index is -4.52. The first kappa shape index (κ1) is 23.1. The maximum atomic E-state index is 13.4. The Balaban J connectivity index is 2.04. The number of benzene rings is 3. The number of ether oxygens (including phenoxy) is 1. The summed E-state index contributed by atoms with van der Waals surface area (Å²) in [5, 5.41) is 10.9. The Hall–Kier alpha value is -3.60. The van der Waals surface area contributed by atoms with Gasteiger partial charge in [0.15, 0.2) is 0 Å². The predicted octanol–water partition coefficient (Wildman–Crippen LogP) is 5.02. The summed E-state index contributed by atoms with van der Waals surface area (Å²) >= 11 is 0. The third-order valence-corrected chi connectivity index (χ3v) is 6.37. The number of methoxy groups -OCH3 is 1. The van der Waals surface area contributed by atoms with E-state index < -0.39 is 26.7 Å². The van der Waals surface area contributed by atoms with Gasteiger partial charge in [-0.25, -0.2) is 8.42 Å². The molecule has 0 N–H and O–H groups in total. The molecule has 0 aliphatic carbocycles. The predicted molar refractivity (Wildman–Crippen MR) is 111 cm³/mol. The van der Waals surface area contributed by atoms with Gasteiger partial charge in [0, 0.05) is 18.2 Å². The number of hydrogen-bond acceptors (Lipinski definition) is 5. The molecule has 0 aliphatic heterocycles. The normalized spacial score (nSPS) is 11.8. The highest BCUT2D eigenvalue weighted by Gasteiger charge is 2.31. The second-order valence-corrected chi connectivity index (χ2v) is 8.52. The fourth-order valence-corrected chi connectivity index (χ4v) is 4.36. The first-order valence-corrected chi connectivity index (χ1v) is 10.5. The van der Waals surface area contributed by atoms with Crippen molar-refractivity contribution in [2.45, 2.75) is 17.6 Å². The Kier molecular flexibility index (Phi) is 6.40. The van der Waals surface area contributed by atoms with Crippen molar-refractivity contribution in [3.05, 3.63) is 94.0 Å². The topological polar surface area (TPSA) is 89.8 Å². The van der Waals surface area contributed by atoms with Crippen molar-refractivity contribution in [1.82, 2.24) is 0 Å². The maximum absolute atomic E-state index is 13.4. The molecule has 0 aromatic heterocycles. The molecule has 0 radical (unpaired) electrons. The lowest BCUT2D eigenvalue weighted by Crippen LogP contribution is -2.30. The van der Waals surface area contributed by atoms with Crippen LogP contribution in [-0.4, -0.2) is 20.5 Å². The lowest BCUT2D eigenvalue weighted by Gasteiger charge is -2.25. The molecular formula is C21H17F3N2O5S. The van der Waals surface area contributed by atoms with Gasteiger partial charge in [-0.1, -0.05) is 18.2 Å². The number of halogens is 3. The van der Waals surface area contributed by atoms with Crippen molar-refractivity contribution in [2.75, 3.05) is 11.4 Å². The first-order chi connectivity index (χ1) is 15.0. The van der Waals surface area contributed by atoms with Gasteiger partial charge >= 0.3 is 6.18 Å². The number of sulfonamides is 1. The Labute approximate surface area is 181 Å². The molecule has 0 amide bonds. The van der Waals surface area contributed by atoms with E-state index in [4.69, 9.17) is 4.74 Å². The van der Waals surface area contributed by atoms with E-state index >= 15 is 0 Å². The molecule has 0 saturated heterocycles. The van der Waals surface area contributed by atoms with Crippen LogP contribution in [0.4, 0.5) is 24.5 Å². The number of nitro benzene ring substituents is 1. The summed E-state index contributed by atoms with van der Waals surface area (Å²) in [6, 6.07) is 14.6. The van der Waals surface area contributed by atoms with Crippen molar-refractivity contribution in [1.29, 1.82) is 0 Å². The molecule has 32 heavy (non-hydrogen) atoms. The lowest BCUT2D eigenvalue weighted by atomic mass is 10.1. The molecular weight excluding hydrogens is 449 g/mol. The van der Waals surface area contributed by atoms with Crippen LogP contribution in [0, 0.1) is 10.1 Å². The molecule has 3 rings (SSSR count). The summed E-state index contributed by atoms with van der Waals surface area (Å²) in [5.74, 6) is 0.374. The molecule has 3 aromatic carbocycles. The van der Waals surface area contributed by atoms with E-state index in [-0.39, 0.29) is 22.8 Å². The monoisotopic (exact) mass is 466 g/mol. The number of nitrogens with zero attached hydrogens (tertiary/aromatic N) is 2. The molecule has 0 heterocycles. The highest BCUT2D eigenvalue weighted by molar-refractivity contribution is 7.92. The quantitative estimate of drug-likeness (QED) is 0.360. The maximum Gasteiger partial charge on any atom is 0.416 e. The summed E-state index contributed by atoms with van der Waals surface area (Å²) in [7, 11) is -2.82. The van der Waals surface area contributed by atoms with Crippen molar-refractivity contribution in [3.8, 4) is 5.75 Å². The highest BCUT2D eigenvalue weighted by Crippen LogP contribution is 2.32. The fourth-order valence-electron chi connectivity index (χ4n) is 2.91. The van der Waals surface area contributed by atoms with Crippen LogP contribution < -0.4 is 9.04 Å². The van der Waals surface area contributed by atoms with E-state index in [0.717, 1.165) is 40.7 Å². The Morgan fingerprint density at radius 1 is 1.00 bits per heavy atom. The van der Waals surface area contributed by atoms with Gasteiger partial charge in [0.2, 0.25) is 0 Å². The molecule has 0 aliphatic rings. The zero-order chi connectivity index (χ0) is 23.5. The molecule has 0 unspecified atom stereocenters. The molecule has 0 atom stereocenters. The average molecular weight is 466 g/mol. The lowest BCUT2D eigenvalue weighted by molar-refractivity contribution is -0.384. The number of anilines is 1. The highest BCUT2D eigenvalue weighted by atomic mass is 32.2. The van der Waals surface area contributed by atoms with Crippen LogP contribution in [0.15, 0.2) is 77.7 Å². The summed E-state index contributed by atoms with van der Waals surface area (Å²) in [4.78, 5) is 10.0. The molecule has 0 bridgehead atoms. The average Bonchev–Trinajstić information content (AvgIpc) is 2.77. The largest absolute Gasteiger partial charge is 0.497 e. The van der Waals surface area contributed by atoms with Crippen LogP contribution in [0.3, 0.4) is 0 Å². The van der Waals surface area contributed by atoms with Crippen LogP contribution in [0.2, 0.25) is 0 Å². The third-order valence-electron chi connectivity index (χ3n) is 4.58. The van der Waals surface area contributed by atoms with Gasteiger partial charge in [-0.3, -0.25) is 14.4 Å². The van der Waals surface area contributed by atoms with Crippen LogP contribution in [0.5, 0.6) is 5.75 Å².